The van der Waals surface area contributed by atoms with Gasteiger partial charge in [0, 0.05) is 12.1 Å². The van der Waals surface area contributed by atoms with Gasteiger partial charge in [0.25, 0.3) is 0 Å². The normalized spacial score (nSPS) is 18.9. The number of fused-ring (bicyclic) bond motifs is 2. The van der Waals surface area contributed by atoms with E-state index in [4.69, 9.17) is 4.74 Å². The molecule has 1 aromatic carbocycles. The average Bonchev–Trinajstić information content (AvgIpc) is 3.07. The van der Waals surface area contributed by atoms with Crippen molar-refractivity contribution in [3.8, 4) is 23.4 Å². The highest BCUT2D eigenvalue weighted by Gasteiger charge is 2.32. The van der Waals surface area contributed by atoms with Crippen molar-refractivity contribution < 1.29 is 14.9 Å². The average molecular weight is 313 g/mol. The fourth-order valence-electron chi connectivity index (χ4n) is 3.44. The number of aromatic hydroxyl groups is 1. The SMILES string of the molecule is N#Cc1ccc(-n2c(O)c3n(c2=O)CC[C@H]3O)c2c1OCCC2. The van der Waals surface area contributed by atoms with E-state index in [-0.39, 0.29) is 17.3 Å². The summed E-state index contributed by atoms with van der Waals surface area (Å²) >= 11 is 0. The molecule has 1 atom stereocenters. The molecule has 0 saturated carbocycles. The van der Waals surface area contributed by atoms with Gasteiger partial charge >= 0.3 is 5.69 Å². The highest BCUT2D eigenvalue weighted by atomic mass is 16.5. The van der Waals surface area contributed by atoms with Crippen LogP contribution in [0.3, 0.4) is 0 Å². The number of hydrogen-bond donors (Lipinski definition) is 2. The van der Waals surface area contributed by atoms with Crippen LogP contribution in [0, 0.1) is 11.3 Å². The van der Waals surface area contributed by atoms with E-state index in [1.807, 2.05) is 0 Å². The Labute approximate surface area is 131 Å². The second kappa shape index (κ2) is 4.89. The Morgan fingerprint density at radius 3 is 2.96 bits per heavy atom. The predicted molar refractivity (Wildman–Crippen MR) is 79.8 cm³/mol. The predicted octanol–water partition coefficient (Wildman–Crippen LogP) is 0.978. The van der Waals surface area contributed by atoms with Gasteiger partial charge in [0.1, 0.15) is 23.6 Å². The van der Waals surface area contributed by atoms with Gasteiger partial charge in [-0.3, -0.25) is 4.57 Å². The van der Waals surface area contributed by atoms with Crippen molar-refractivity contribution in [2.45, 2.75) is 31.9 Å². The van der Waals surface area contributed by atoms with Crippen LogP contribution >= 0.6 is 0 Å². The van der Waals surface area contributed by atoms with Crippen molar-refractivity contribution in [3.05, 3.63) is 39.4 Å². The van der Waals surface area contributed by atoms with E-state index >= 15 is 0 Å². The maximum Gasteiger partial charge on any atom is 0.336 e. The number of rotatable bonds is 1. The van der Waals surface area contributed by atoms with E-state index in [9.17, 15) is 20.3 Å². The molecular formula is C16H15N3O4. The molecule has 2 N–H and O–H groups in total. The van der Waals surface area contributed by atoms with Crippen molar-refractivity contribution in [3.63, 3.8) is 0 Å². The first-order valence-electron chi connectivity index (χ1n) is 7.55. The minimum absolute atomic E-state index is 0.238. The summed E-state index contributed by atoms with van der Waals surface area (Å²) in [6.45, 7) is 0.905. The van der Waals surface area contributed by atoms with Gasteiger partial charge in [-0.25, -0.2) is 9.36 Å². The summed E-state index contributed by atoms with van der Waals surface area (Å²) in [7, 11) is 0. The van der Waals surface area contributed by atoms with Gasteiger partial charge in [0.2, 0.25) is 5.88 Å². The first-order chi connectivity index (χ1) is 11.1. The van der Waals surface area contributed by atoms with Gasteiger partial charge < -0.3 is 14.9 Å². The van der Waals surface area contributed by atoms with E-state index in [1.54, 1.807) is 12.1 Å². The van der Waals surface area contributed by atoms with Crippen LogP contribution in [-0.4, -0.2) is 26.0 Å². The summed E-state index contributed by atoms with van der Waals surface area (Å²) in [6.07, 6.45) is 1.03. The van der Waals surface area contributed by atoms with E-state index in [1.165, 1.54) is 9.13 Å². The number of aliphatic hydroxyl groups is 1. The maximum atomic E-state index is 12.6. The van der Waals surface area contributed by atoms with Crippen LogP contribution in [0.25, 0.3) is 5.69 Å². The standard InChI is InChI=1S/C16H15N3O4/c17-8-9-3-4-11(10-2-1-7-23-14(9)10)19-15(21)13-12(20)5-6-18(13)16(19)22/h3-4,12,20-21H,1-2,5-7H2/t12-/m1/s1. The van der Waals surface area contributed by atoms with Crippen LogP contribution in [-0.2, 0) is 13.0 Å². The summed E-state index contributed by atoms with van der Waals surface area (Å²) in [5.41, 5.74) is 1.54. The number of nitriles is 1. The van der Waals surface area contributed by atoms with Gasteiger partial charge in [-0.1, -0.05) is 0 Å². The van der Waals surface area contributed by atoms with Crippen LogP contribution in [0.2, 0.25) is 0 Å². The molecule has 2 aliphatic heterocycles. The van der Waals surface area contributed by atoms with E-state index in [2.05, 4.69) is 6.07 Å². The van der Waals surface area contributed by atoms with E-state index in [0.717, 1.165) is 12.0 Å². The van der Waals surface area contributed by atoms with Crippen molar-refractivity contribution in [2.24, 2.45) is 0 Å². The second-order valence-electron chi connectivity index (χ2n) is 5.79. The third-order valence-electron chi connectivity index (χ3n) is 4.51. The molecule has 0 saturated heterocycles. The summed E-state index contributed by atoms with van der Waals surface area (Å²) in [6, 6.07) is 5.32. The van der Waals surface area contributed by atoms with Crippen LogP contribution < -0.4 is 10.4 Å². The van der Waals surface area contributed by atoms with Gasteiger partial charge in [-0.15, -0.1) is 0 Å². The molecule has 0 spiro atoms. The van der Waals surface area contributed by atoms with Crippen molar-refractivity contribution in [1.82, 2.24) is 9.13 Å². The largest absolute Gasteiger partial charge is 0.493 e. The Balaban J connectivity index is 1.99. The molecule has 2 aliphatic rings. The zero-order chi connectivity index (χ0) is 16.1. The Morgan fingerprint density at radius 2 is 2.22 bits per heavy atom. The lowest BCUT2D eigenvalue weighted by molar-refractivity contribution is 0.175. The van der Waals surface area contributed by atoms with Crippen LogP contribution in [0.15, 0.2) is 16.9 Å². The lowest BCUT2D eigenvalue weighted by Crippen LogP contribution is -2.24. The molecule has 2 aromatic rings. The molecule has 7 nitrogen and oxygen atoms in total. The molecule has 0 radical (unpaired) electrons. The fourth-order valence-corrected chi connectivity index (χ4v) is 3.44. The fraction of sp³-hybridized carbons (Fsp3) is 0.375. The third-order valence-corrected chi connectivity index (χ3v) is 4.51. The van der Waals surface area contributed by atoms with Gasteiger partial charge in [0.05, 0.1) is 17.9 Å². The summed E-state index contributed by atoms with van der Waals surface area (Å²) in [4.78, 5) is 12.6. The molecule has 7 heteroatoms. The van der Waals surface area contributed by atoms with Crippen LogP contribution in [0.4, 0.5) is 0 Å². The number of aromatic nitrogens is 2. The Kier molecular flexibility index (Phi) is 2.96. The Morgan fingerprint density at radius 1 is 1.39 bits per heavy atom. The molecular weight excluding hydrogens is 298 g/mol. The Bertz CT molecular complexity index is 904. The molecule has 118 valence electrons. The van der Waals surface area contributed by atoms with Crippen LogP contribution in [0.1, 0.15) is 35.8 Å². The Hall–Kier alpha value is -2.72. The molecule has 0 fully saturated rings. The molecule has 0 unspecified atom stereocenters. The topological polar surface area (TPSA) is 100 Å². The third kappa shape index (κ3) is 1.82. The first-order valence-corrected chi connectivity index (χ1v) is 7.55. The number of ether oxygens (including phenoxy) is 1. The number of aliphatic hydroxyl groups excluding tert-OH is 1. The summed E-state index contributed by atoms with van der Waals surface area (Å²) in [5.74, 6) is 0.243. The van der Waals surface area contributed by atoms with Crippen molar-refractivity contribution in [1.29, 1.82) is 5.26 Å². The zero-order valence-electron chi connectivity index (χ0n) is 12.3. The molecule has 0 aliphatic carbocycles. The molecule has 0 bridgehead atoms. The van der Waals surface area contributed by atoms with Crippen molar-refractivity contribution in [2.75, 3.05) is 6.61 Å². The smallest absolute Gasteiger partial charge is 0.336 e. The molecule has 0 amide bonds. The lowest BCUT2D eigenvalue weighted by Gasteiger charge is -2.21. The monoisotopic (exact) mass is 313 g/mol. The quantitative estimate of drug-likeness (QED) is 0.817. The number of nitrogens with zero attached hydrogens (tertiary/aromatic N) is 3. The van der Waals surface area contributed by atoms with E-state index in [0.29, 0.717) is 43.0 Å². The zero-order valence-corrected chi connectivity index (χ0v) is 12.3. The minimum Gasteiger partial charge on any atom is -0.493 e. The number of hydrogen-bond acceptors (Lipinski definition) is 5. The number of benzene rings is 1. The van der Waals surface area contributed by atoms with Gasteiger partial charge in [-0.2, -0.15) is 5.26 Å². The minimum atomic E-state index is -0.839. The van der Waals surface area contributed by atoms with Crippen LogP contribution in [0.5, 0.6) is 11.6 Å². The van der Waals surface area contributed by atoms with Crippen molar-refractivity contribution >= 4 is 0 Å². The van der Waals surface area contributed by atoms with Gasteiger partial charge in [-0.05, 0) is 31.4 Å². The second-order valence-corrected chi connectivity index (χ2v) is 5.79. The summed E-state index contributed by atoms with van der Waals surface area (Å²) < 4.78 is 8.21. The molecule has 23 heavy (non-hydrogen) atoms. The van der Waals surface area contributed by atoms with Gasteiger partial charge in [0.15, 0.2) is 0 Å². The molecule has 3 heterocycles. The molecule has 1 aromatic heterocycles. The molecule has 4 rings (SSSR count). The number of imidazole rings is 1. The lowest BCUT2D eigenvalue weighted by atomic mass is 10.0. The summed E-state index contributed by atoms with van der Waals surface area (Å²) in [5, 5.41) is 29.6. The highest BCUT2D eigenvalue weighted by Crippen LogP contribution is 2.37. The highest BCUT2D eigenvalue weighted by molar-refractivity contribution is 5.59. The first kappa shape index (κ1) is 13.9. The van der Waals surface area contributed by atoms with E-state index < -0.39 is 6.10 Å². The maximum absolute atomic E-state index is 12.6.